The van der Waals surface area contributed by atoms with E-state index < -0.39 is 0 Å². The van der Waals surface area contributed by atoms with Crippen LogP contribution in [0.3, 0.4) is 0 Å². The van der Waals surface area contributed by atoms with Gasteiger partial charge in [-0.25, -0.2) is 0 Å². The SMILES string of the molecule is CC1(C)CCC(NCCCCCCCN)C1. The van der Waals surface area contributed by atoms with Gasteiger partial charge in [-0.3, -0.25) is 0 Å². The summed E-state index contributed by atoms with van der Waals surface area (Å²) in [4.78, 5) is 0. The van der Waals surface area contributed by atoms with Gasteiger partial charge in [-0.1, -0.05) is 33.1 Å². The smallest absolute Gasteiger partial charge is 0.00723 e. The molecule has 0 bridgehead atoms. The Hall–Kier alpha value is -0.0800. The maximum absolute atomic E-state index is 5.47. The van der Waals surface area contributed by atoms with Crippen LogP contribution in [0.2, 0.25) is 0 Å². The Morgan fingerprint density at radius 3 is 2.44 bits per heavy atom. The molecule has 1 fully saturated rings. The number of nitrogens with one attached hydrogen (secondary N) is 1. The van der Waals surface area contributed by atoms with Crippen LogP contribution in [-0.2, 0) is 0 Å². The Labute approximate surface area is 101 Å². The van der Waals surface area contributed by atoms with Crippen LogP contribution in [0.15, 0.2) is 0 Å². The van der Waals surface area contributed by atoms with Gasteiger partial charge in [0.1, 0.15) is 0 Å². The van der Waals surface area contributed by atoms with Crippen LogP contribution < -0.4 is 11.1 Å². The quantitative estimate of drug-likeness (QED) is 0.624. The van der Waals surface area contributed by atoms with E-state index >= 15 is 0 Å². The lowest BCUT2D eigenvalue weighted by Crippen LogP contribution is -2.28. The lowest BCUT2D eigenvalue weighted by molar-refractivity contribution is 0.363. The van der Waals surface area contributed by atoms with Crippen molar-refractivity contribution in [1.29, 1.82) is 0 Å². The van der Waals surface area contributed by atoms with E-state index in [2.05, 4.69) is 19.2 Å². The molecule has 0 aromatic heterocycles. The van der Waals surface area contributed by atoms with Crippen LogP contribution in [0, 0.1) is 5.41 Å². The minimum Gasteiger partial charge on any atom is -0.330 e. The van der Waals surface area contributed by atoms with Gasteiger partial charge in [-0.15, -0.1) is 0 Å². The summed E-state index contributed by atoms with van der Waals surface area (Å²) < 4.78 is 0. The number of nitrogens with two attached hydrogens (primary N) is 1. The fourth-order valence-electron chi connectivity index (χ4n) is 2.72. The summed E-state index contributed by atoms with van der Waals surface area (Å²) in [6.07, 6.45) is 10.7. The Morgan fingerprint density at radius 2 is 1.81 bits per heavy atom. The Morgan fingerprint density at radius 1 is 1.12 bits per heavy atom. The monoisotopic (exact) mass is 226 g/mol. The fourth-order valence-corrected chi connectivity index (χ4v) is 2.72. The van der Waals surface area contributed by atoms with Gasteiger partial charge >= 0.3 is 0 Å². The molecule has 1 aliphatic carbocycles. The topological polar surface area (TPSA) is 38.0 Å². The molecule has 1 atom stereocenters. The van der Waals surface area contributed by atoms with Crippen molar-refractivity contribution in [1.82, 2.24) is 5.32 Å². The molecule has 0 saturated heterocycles. The summed E-state index contributed by atoms with van der Waals surface area (Å²) in [5, 5.41) is 3.70. The van der Waals surface area contributed by atoms with Crippen LogP contribution in [0.5, 0.6) is 0 Å². The number of unbranched alkanes of at least 4 members (excludes halogenated alkanes) is 4. The average Bonchev–Trinajstić information content (AvgIpc) is 2.57. The molecule has 0 aromatic rings. The molecule has 16 heavy (non-hydrogen) atoms. The van der Waals surface area contributed by atoms with Crippen LogP contribution in [0.25, 0.3) is 0 Å². The first-order chi connectivity index (χ1) is 7.64. The first-order valence-corrected chi connectivity index (χ1v) is 7.07. The van der Waals surface area contributed by atoms with Crippen LogP contribution in [-0.4, -0.2) is 19.1 Å². The van der Waals surface area contributed by atoms with E-state index in [1.165, 1.54) is 57.9 Å². The largest absolute Gasteiger partial charge is 0.330 e. The van der Waals surface area contributed by atoms with E-state index in [9.17, 15) is 0 Å². The summed E-state index contributed by atoms with van der Waals surface area (Å²) in [7, 11) is 0. The van der Waals surface area contributed by atoms with E-state index in [0.29, 0.717) is 5.41 Å². The Kier molecular flexibility index (Phi) is 6.37. The standard InChI is InChI=1S/C14H30N2/c1-14(2)9-8-13(12-14)16-11-7-5-3-4-6-10-15/h13,16H,3-12,15H2,1-2H3. The molecule has 0 aliphatic heterocycles. The van der Waals surface area contributed by atoms with Crippen LogP contribution in [0.1, 0.15) is 65.2 Å². The van der Waals surface area contributed by atoms with E-state index in [-0.39, 0.29) is 0 Å². The number of hydrogen-bond donors (Lipinski definition) is 2. The van der Waals surface area contributed by atoms with Crippen LogP contribution >= 0.6 is 0 Å². The second-order valence-electron chi connectivity index (χ2n) is 6.11. The first kappa shape index (κ1) is 14.0. The molecular formula is C14H30N2. The van der Waals surface area contributed by atoms with Gasteiger partial charge in [-0.2, -0.15) is 0 Å². The molecule has 0 radical (unpaired) electrons. The van der Waals surface area contributed by atoms with Crippen molar-refractivity contribution in [3.63, 3.8) is 0 Å². The normalized spacial score (nSPS) is 23.8. The fraction of sp³-hybridized carbons (Fsp3) is 1.00. The van der Waals surface area contributed by atoms with Gasteiger partial charge in [0.05, 0.1) is 0 Å². The Balaban J connectivity index is 1.88. The van der Waals surface area contributed by atoms with Crippen molar-refractivity contribution in [2.45, 2.75) is 71.3 Å². The van der Waals surface area contributed by atoms with Gasteiger partial charge in [0.2, 0.25) is 0 Å². The van der Waals surface area contributed by atoms with Gasteiger partial charge in [-0.05, 0) is 50.6 Å². The van der Waals surface area contributed by atoms with Crippen LogP contribution in [0.4, 0.5) is 0 Å². The molecule has 2 nitrogen and oxygen atoms in total. The summed E-state index contributed by atoms with van der Waals surface area (Å²) in [5.41, 5.74) is 6.05. The highest BCUT2D eigenvalue weighted by Crippen LogP contribution is 2.36. The molecule has 1 unspecified atom stereocenters. The third-order valence-electron chi connectivity index (χ3n) is 3.78. The van der Waals surface area contributed by atoms with E-state index in [4.69, 9.17) is 5.73 Å². The van der Waals surface area contributed by atoms with E-state index in [1.54, 1.807) is 0 Å². The van der Waals surface area contributed by atoms with E-state index in [1.807, 2.05) is 0 Å². The summed E-state index contributed by atoms with van der Waals surface area (Å²) in [6.45, 7) is 6.85. The molecular weight excluding hydrogens is 196 g/mol. The molecule has 1 rings (SSSR count). The van der Waals surface area contributed by atoms with Gasteiger partial charge in [0.25, 0.3) is 0 Å². The van der Waals surface area contributed by atoms with Gasteiger partial charge < -0.3 is 11.1 Å². The molecule has 0 amide bonds. The zero-order valence-corrected chi connectivity index (χ0v) is 11.2. The van der Waals surface area contributed by atoms with Crippen molar-refractivity contribution in [3.8, 4) is 0 Å². The highest BCUT2D eigenvalue weighted by Gasteiger charge is 2.30. The summed E-state index contributed by atoms with van der Waals surface area (Å²) in [5.74, 6) is 0. The van der Waals surface area contributed by atoms with Crippen molar-refractivity contribution in [3.05, 3.63) is 0 Å². The molecule has 0 spiro atoms. The maximum Gasteiger partial charge on any atom is 0.00723 e. The minimum atomic E-state index is 0.582. The van der Waals surface area contributed by atoms with E-state index in [0.717, 1.165) is 12.6 Å². The van der Waals surface area contributed by atoms with Crippen molar-refractivity contribution < 1.29 is 0 Å². The maximum atomic E-state index is 5.47. The average molecular weight is 226 g/mol. The molecule has 3 N–H and O–H groups in total. The zero-order chi connectivity index (χ0) is 11.9. The Bertz CT molecular complexity index is 178. The molecule has 0 aromatic carbocycles. The molecule has 1 saturated carbocycles. The predicted octanol–water partition coefficient (Wildman–Crippen LogP) is 3.06. The third kappa shape index (κ3) is 5.86. The summed E-state index contributed by atoms with van der Waals surface area (Å²) >= 11 is 0. The van der Waals surface area contributed by atoms with Crippen molar-refractivity contribution in [2.75, 3.05) is 13.1 Å². The minimum absolute atomic E-state index is 0.582. The van der Waals surface area contributed by atoms with Gasteiger partial charge in [0, 0.05) is 6.04 Å². The molecule has 96 valence electrons. The highest BCUT2D eigenvalue weighted by atomic mass is 14.9. The second kappa shape index (κ2) is 7.29. The molecule has 1 aliphatic rings. The van der Waals surface area contributed by atoms with Crippen molar-refractivity contribution >= 4 is 0 Å². The number of rotatable bonds is 8. The third-order valence-corrected chi connectivity index (χ3v) is 3.78. The number of hydrogen-bond acceptors (Lipinski definition) is 2. The lowest BCUT2D eigenvalue weighted by Gasteiger charge is -2.17. The predicted molar refractivity (Wildman–Crippen MR) is 71.6 cm³/mol. The zero-order valence-electron chi connectivity index (χ0n) is 11.2. The summed E-state index contributed by atoms with van der Waals surface area (Å²) in [6, 6.07) is 0.791. The molecule has 0 heterocycles. The lowest BCUT2D eigenvalue weighted by atomic mass is 9.92. The second-order valence-corrected chi connectivity index (χ2v) is 6.11. The first-order valence-electron chi connectivity index (χ1n) is 7.07. The van der Waals surface area contributed by atoms with Gasteiger partial charge in [0.15, 0.2) is 0 Å². The van der Waals surface area contributed by atoms with Crippen molar-refractivity contribution in [2.24, 2.45) is 11.1 Å². The molecule has 2 heteroatoms. The highest BCUT2D eigenvalue weighted by molar-refractivity contribution is 4.86.